The molecule has 0 aromatic heterocycles. The predicted molar refractivity (Wildman–Crippen MR) is 79.5 cm³/mol. The molecule has 5 heteroatoms. The Hall–Kier alpha value is -1.07. The zero-order valence-corrected chi connectivity index (χ0v) is 13.2. The van der Waals surface area contributed by atoms with Crippen LogP contribution in [0.25, 0.3) is 0 Å². The number of rotatable bonds is 5. The molecule has 0 heterocycles. The van der Waals surface area contributed by atoms with Crippen LogP contribution >= 0.6 is 0 Å². The van der Waals surface area contributed by atoms with E-state index in [0.29, 0.717) is 11.6 Å². The number of nitrogens with two attached hydrogens (primary N) is 1. The molecule has 0 saturated heterocycles. The van der Waals surface area contributed by atoms with E-state index in [0.717, 1.165) is 12.0 Å². The predicted octanol–water partition coefficient (Wildman–Crippen LogP) is 2.63. The Morgan fingerprint density at radius 2 is 1.84 bits per heavy atom. The van der Waals surface area contributed by atoms with Crippen LogP contribution in [-0.4, -0.2) is 25.8 Å². The molecule has 0 bridgehead atoms. The lowest BCUT2D eigenvalue weighted by Gasteiger charge is -2.26. The SMILES string of the molecule is Cc1ccc(S(=O)(=O)N(C)C(C)CC(C)C)c(N)c1. The van der Waals surface area contributed by atoms with Crippen LogP contribution < -0.4 is 5.73 Å². The second kappa shape index (κ2) is 5.92. The molecule has 0 aliphatic carbocycles. The van der Waals surface area contributed by atoms with E-state index in [1.807, 2.05) is 13.8 Å². The molecule has 0 spiro atoms. The maximum absolute atomic E-state index is 12.5. The number of sulfonamides is 1. The van der Waals surface area contributed by atoms with E-state index in [-0.39, 0.29) is 10.9 Å². The van der Waals surface area contributed by atoms with E-state index in [9.17, 15) is 8.42 Å². The fourth-order valence-corrected chi connectivity index (χ4v) is 3.59. The molecule has 0 saturated carbocycles. The van der Waals surface area contributed by atoms with Gasteiger partial charge in [0.25, 0.3) is 0 Å². The van der Waals surface area contributed by atoms with Crippen molar-refractivity contribution in [2.45, 2.75) is 45.1 Å². The van der Waals surface area contributed by atoms with Crippen molar-refractivity contribution in [1.82, 2.24) is 4.31 Å². The largest absolute Gasteiger partial charge is 0.398 e. The van der Waals surface area contributed by atoms with Gasteiger partial charge in [-0.25, -0.2) is 8.42 Å². The van der Waals surface area contributed by atoms with Crippen LogP contribution in [-0.2, 0) is 10.0 Å². The highest BCUT2D eigenvalue weighted by Crippen LogP contribution is 2.25. The molecule has 4 nitrogen and oxygen atoms in total. The van der Waals surface area contributed by atoms with Gasteiger partial charge in [-0.3, -0.25) is 0 Å². The average molecular weight is 284 g/mol. The minimum absolute atomic E-state index is 0.0503. The molecule has 1 rings (SSSR count). The number of hydrogen-bond donors (Lipinski definition) is 1. The van der Waals surface area contributed by atoms with Crippen LogP contribution in [0.1, 0.15) is 32.8 Å². The molecule has 0 radical (unpaired) electrons. The third-order valence-corrected chi connectivity index (χ3v) is 5.30. The molecule has 0 aliphatic heterocycles. The summed E-state index contributed by atoms with van der Waals surface area (Å²) in [6.07, 6.45) is 0.821. The quantitative estimate of drug-likeness (QED) is 0.845. The minimum Gasteiger partial charge on any atom is -0.398 e. The molecular weight excluding hydrogens is 260 g/mol. The Morgan fingerprint density at radius 3 is 2.32 bits per heavy atom. The fourth-order valence-electron chi connectivity index (χ4n) is 2.13. The highest BCUT2D eigenvalue weighted by Gasteiger charge is 2.27. The molecule has 1 atom stereocenters. The van der Waals surface area contributed by atoms with Gasteiger partial charge < -0.3 is 5.73 Å². The van der Waals surface area contributed by atoms with Crippen molar-refractivity contribution in [1.29, 1.82) is 0 Å². The number of aryl methyl sites for hydroxylation is 1. The van der Waals surface area contributed by atoms with Crippen LogP contribution in [0.4, 0.5) is 5.69 Å². The van der Waals surface area contributed by atoms with Crippen molar-refractivity contribution in [3.8, 4) is 0 Å². The number of benzene rings is 1. The molecule has 2 N–H and O–H groups in total. The van der Waals surface area contributed by atoms with E-state index >= 15 is 0 Å². The van der Waals surface area contributed by atoms with Crippen LogP contribution in [0.15, 0.2) is 23.1 Å². The number of nitrogen functional groups attached to an aromatic ring is 1. The molecule has 0 amide bonds. The van der Waals surface area contributed by atoms with Gasteiger partial charge in [0.2, 0.25) is 10.0 Å². The summed E-state index contributed by atoms with van der Waals surface area (Å²) in [5, 5.41) is 0. The van der Waals surface area contributed by atoms with Crippen LogP contribution in [0.2, 0.25) is 0 Å². The summed E-state index contributed by atoms with van der Waals surface area (Å²) in [6, 6.07) is 4.99. The summed E-state index contributed by atoms with van der Waals surface area (Å²) in [7, 11) is -1.91. The Kier molecular flexibility index (Phi) is 4.98. The van der Waals surface area contributed by atoms with E-state index in [1.165, 1.54) is 4.31 Å². The zero-order chi connectivity index (χ0) is 14.8. The van der Waals surface area contributed by atoms with Crippen LogP contribution in [0.5, 0.6) is 0 Å². The van der Waals surface area contributed by atoms with Gasteiger partial charge in [-0.05, 0) is 43.9 Å². The number of anilines is 1. The summed E-state index contributed by atoms with van der Waals surface area (Å²) in [5.74, 6) is 0.447. The lowest BCUT2D eigenvalue weighted by molar-refractivity contribution is 0.338. The molecule has 108 valence electrons. The molecule has 0 aliphatic rings. The molecule has 19 heavy (non-hydrogen) atoms. The van der Waals surface area contributed by atoms with Crippen molar-refractivity contribution in [2.75, 3.05) is 12.8 Å². The van der Waals surface area contributed by atoms with Gasteiger partial charge in [-0.2, -0.15) is 4.31 Å². The lowest BCUT2D eigenvalue weighted by Crippen LogP contribution is -2.36. The molecular formula is C14H24N2O2S. The summed E-state index contributed by atoms with van der Waals surface area (Å²) >= 11 is 0. The monoisotopic (exact) mass is 284 g/mol. The first-order chi connectivity index (χ1) is 8.66. The number of nitrogens with zero attached hydrogens (tertiary/aromatic N) is 1. The van der Waals surface area contributed by atoms with Crippen molar-refractivity contribution >= 4 is 15.7 Å². The van der Waals surface area contributed by atoms with Gasteiger partial charge in [0.1, 0.15) is 4.90 Å². The van der Waals surface area contributed by atoms with Gasteiger partial charge in [0.15, 0.2) is 0 Å². The van der Waals surface area contributed by atoms with Gasteiger partial charge in [-0.15, -0.1) is 0 Å². The van der Waals surface area contributed by atoms with Crippen molar-refractivity contribution in [3.63, 3.8) is 0 Å². The molecule has 1 aromatic rings. The minimum atomic E-state index is -3.52. The third-order valence-electron chi connectivity index (χ3n) is 3.26. The summed E-state index contributed by atoms with van der Waals surface area (Å²) in [5.41, 5.74) is 7.10. The second-order valence-electron chi connectivity index (χ2n) is 5.54. The topological polar surface area (TPSA) is 63.4 Å². The third kappa shape index (κ3) is 3.70. The standard InChI is InChI=1S/C14H24N2O2S/c1-10(2)8-12(4)16(5)19(17,18)14-7-6-11(3)9-13(14)15/h6-7,9-10,12H,8,15H2,1-5H3. The van der Waals surface area contributed by atoms with Crippen LogP contribution in [0, 0.1) is 12.8 Å². The first-order valence-electron chi connectivity index (χ1n) is 6.50. The van der Waals surface area contributed by atoms with Crippen molar-refractivity contribution in [2.24, 2.45) is 5.92 Å². The van der Waals surface area contributed by atoms with E-state index in [4.69, 9.17) is 5.73 Å². The smallest absolute Gasteiger partial charge is 0.245 e. The van der Waals surface area contributed by atoms with Crippen molar-refractivity contribution < 1.29 is 8.42 Å². The first-order valence-corrected chi connectivity index (χ1v) is 7.94. The second-order valence-corrected chi connectivity index (χ2v) is 7.51. The van der Waals surface area contributed by atoms with Gasteiger partial charge in [0, 0.05) is 13.1 Å². The fraction of sp³-hybridized carbons (Fsp3) is 0.571. The molecule has 0 fully saturated rings. The molecule has 1 unspecified atom stereocenters. The van der Waals surface area contributed by atoms with Crippen molar-refractivity contribution in [3.05, 3.63) is 23.8 Å². The summed E-state index contributed by atoms with van der Waals surface area (Å²) in [4.78, 5) is 0.191. The maximum atomic E-state index is 12.5. The van der Waals surface area contributed by atoms with Gasteiger partial charge in [0.05, 0.1) is 5.69 Å². The van der Waals surface area contributed by atoms with Gasteiger partial charge in [-0.1, -0.05) is 19.9 Å². The van der Waals surface area contributed by atoms with Crippen LogP contribution in [0.3, 0.4) is 0 Å². The maximum Gasteiger partial charge on any atom is 0.245 e. The lowest BCUT2D eigenvalue weighted by atomic mass is 10.1. The van der Waals surface area contributed by atoms with E-state index in [2.05, 4.69) is 13.8 Å². The highest BCUT2D eigenvalue weighted by atomic mass is 32.2. The highest BCUT2D eigenvalue weighted by molar-refractivity contribution is 7.89. The summed E-state index contributed by atoms with van der Waals surface area (Å²) < 4.78 is 26.5. The molecule has 1 aromatic carbocycles. The number of hydrogen-bond acceptors (Lipinski definition) is 3. The van der Waals surface area contributed by atoms with Gasteiger partial charge >= 0.3 is 0 Å². The normalized spacial score (nSPS) is 14.1. The first kappa shape index (κ1) is 16.0. The Bertz CT molecular complexity index is 538. The Balaban J connectivity index is 3.09. The summed E-state index contributed by atoms with van der Waals surface area (Å²) in [6.45, 7) is 7.97. The average Bonchev–Trinajstić information content (AvgIpc) is 2.26. The Labute approximate surface area is 116 Å². The van der Waals surface area contributed by atoms with E-state index in [1.54, 1.807) is 25.2 Å². The van der Waals surface area contributed by atoms with E-state index < -0.39 is 10.0 Å². The Morgan fingerprint density at radius 1 is 1.26 bits per heavy atom. The zero-order valence-electron chi connectivity index (χ0n) is 12.3.